The molecule has 0 aromatic heterocycles. The first-order valence-corrected chi connectivity index (χ1v) is 7.65. The van der Waals surface area contributed by atoms with Crippen LogP contribution in [0.3, 0.4) is 0 Å². The van der Waals surface area contributed by atoms with Gasteiger partial charge in [0.2, 0.25) is 0 Å². The summed E-state index contributed by atoms with van der Waals surface area (Å²) >= 11 is 0. The van der Waals surface area contributed by atoms with Crippen molar-refractivity contribution in [3.05, 3.63) is 0 Å². The molecule has 1 heteroatoms. The molecule has 0 aliphatic heterocycles. The minimum Gasteiger partial charge on any atom is -0.393 e. The van der Waals surface area contributed by atoms with Crippen LogP contribution in [0.25, 0.3) is 0 Å². The minimum atomic E-state index is -0.0556. The number of aliphatic hydroxyl groups excluding tert-OH is 1. The van der Waals surface area contributed by atoms with E-state index in [1.807, 2.05) is 0 Å². The third-order valence-corrected chi connectivity index (χ3v) is 4.76. The SMILES string of the molecule is CCCCCCC(C)(C)C1CCC(C)CC1O. The molecular formula is C16H32O. The maximum Gasteiger partial charge on any atom is 0.0576 e. The number of aliphatic hydroxyl groups is 1. The summed E-state index contributed by atoms with van der Waals surface area (Å²) < 4.78 is 0. The molecule has 1 nitrogen and oxygen atoms in total. The molecule has 0 heterocycles. The quantitative estimate of drug-likeness (QED) is 0.662. The fraction of sp³-hybridized carbons (Fsp3) is 1.00. The Kier molecular flexibility index (Phi) is 5.99. The molecule has 1 fully saturated rings. The average Bonchev–Trinajstić information content (AvgIpc) is 2.24. The van der Waals surface area contributed by atoms with Gasteiger partial charge in [-0.15, -0.1) is 0 Å². The van der Waals surface area contributed by atoms with E-state index in [0.717, 1.165) is 12.3 Å². The van der Waals surface area contributed by atoms with Gasteiger partial charge in [-0.1, -0.05) is 59.8 Å². The van der Waals surface area contributed by atoms with Crippen molar-refractivity contribution >= 4 is 0 Å². The van der Waals surface area contributed by atoms with Gasteiger partial charge in [0.15, 0.2) is 0 Å². The lowest BCUT2D eigenvalue weighted by Crippen LogP contribution is -2.38. The summed E-state index contributed by atoms with van der Waals surface area (Å²) in [4.78, 5) is 0. The maximum absolute atomic E-state index is 10.3. The van der Waals surface area contributed by atoms with Crippen LogP contribution in [-0.4, -0.2) is 11.2 Å². The molecule has 0 aromatic rings. The van der Waals surface area contributed by atoms with E-state index in [2.05, 4.69) is 27.7 Å². The zero-order valence-corrected chi connectivity index (χ0v) is 12.3. The summed E-state index contributed by atoms with van der Waals surface area (Å²) in [5, 5.41) is 10.3. The van der Waals surface area contributed by atoms with Gasteiger partial charge < -0.3 is 5.11 Å². The van der Waals surface area contributed by atoms with Gasteiger partial charge in [0.05, 0.1) is 6.10 Å². The number of rotatable bonds is 6. The lowest BCUT2D eigenvalue weighted by atomic mass is 9.65. The molecule has 1 rings (SSSR count). The molecule has 0 saturated heterocycles. The molecule has 0 spiro atoms. The number of hydrogen-bond acceptors (Lipinski definition) is 1. The van der Waals surface area contributed by atoms with Crippen LogP contribution in [0.1, 0.15) is 79.1 Å². The van der Waals surface area contributed by atoms with E-state index in [9.17, 15) is 5.11 Å². The molecule has 1 saturated carbocycles. The normalized spacial score (nSPS) is 30.5. The molecule has 0 amide bonds. The van der Waals surface area contributed by atoms with Gasteiger partial charge in [0.25, 0.3) is 0 Å². The van der Waals surface area contributed by atoms with E-state index in [1.54, 1.807) is 0 Å². The standard InChI is InChI=1S/C16H32O/c1-5-6-7-8-11-16(3,4)14-10-9-13(2)12-15(14)17/h13-15,17H,5-12H2,1-4H3. The van der Waals surface area contributed by atoms with E-state index >= 15 is 0 Å². The Balaban J connectivity index is 2.40. The lowest BCUT2D eigenvalue weighted by molar-refractivity contribution is -0.0168. The Morgan fingerprint density at radius 1 is 1.12 bits per heavy atom. The molecule has 1 aliphatic rings. The molecule has 3 unspecified atom stereocenters. The van der Waals surface area contributed by atoms with E-state index in [-0.39, 0.29) is 6.10 Å². The molecule has 0 aromatic carbocycles. The van der Waals surface area contributed by atoms with Crippen molar-refractivity contribution in [3.63, 3.8) is 0 Å². The molecule has 0 bridgehead atoms. The Labute approximate surface area is 108 Å². The van der Waals surface area contributed by atoms with Crippen LogP contribution in [0, 0.1) is 17.3 Å². The monoisotopic (exact) mass is 240 g/mol. The highest BCUT2D eigenvalue weighted by Crippen LogP contribution is 2.43. The Morgan fingerprint density at radius 2 is 1.82 bits per heavy atom. The fourth-order valence-corrected chi connectivity index (χ4v) is 3.46. The van der Waals surface area contributed by atoms with E-state index in [1.165, 1.54) is 44.9 Å². The number of unbranched alkanes of at least 4 members (excludes halogenated alkanes) is 3. The van der Waals surface area contributed by atoms with E-state index in [4.69, 9.17) is 0 Å². The van der Waals surface area contributed by atoms with Gasteiger partial charge in [0.1, 0.15) is 0 Å². The predicted octanol–water partition coefficient (Wildman–Crippen LogP) is 4.78. The van der Waals surface area contributed by atoms with Gasteiger partial charge >= 0.3 is 0 Å². The molecule has 0 radical (unpaired) electrons. The third-order valence-electron chi connectivity index (χ3n) is 4.76. The zero-order chi connectivity index (χ0) is 12.9. The highest BCUT2D eigenvalue weighted by atomic mass is 16.3. The Hall–Kier alpha value is -0.0400. The van der Waals surface area contributed by atoms with Crippen molar-refractivity contribution in [3.8, 4) is 0 Å². The lowest BCUT2D eigenvalue weighted by Gasteiger charge is -2.42. The molecule has 3 atom stereocenters. The van der Waals surface area contributed by atoms with Crippen LogP contribution in [-0.2, 0) is 0 Å². The summed E-state index contributed by atoms with van der Waals surface area (Å²) in [5.74, 6) is 1.25. The topological polar surface area (TPSA) is 20.2 Å². The zero-order valence-electron chi connectivity index (χ0n) is 12.3. The highest BCUT2D eigenvalue weighted by Gasteiger charge is 2.37. The van der Waals surface area contributed by atoms with Crippen LogP contribution < -0.4 is 0 Å². The van der Waals surface area contributed by atoms with E-state index < -0.39 is 0 Å². The van der Waals surface area contributed by atoms with Crippen LogP contribution >= 0.6 is 0 Å². The minimum absolute atomic E-state index is 0.0556. The second-order valence-corrected chi connectivity index (χ2v) is 6.89. The van der Waals surface area contributed by atoms with Crippen molar-refractivity contribution in [2.75, 3.05) is 0 Å². The first-order chi connectivity index (χ1) is 7.97. The van der Waals surface area contributed by atoms with E-state index in [0.29, 0.717) is 11.3 Å². The first-order valence-electron chi connectivity index (χ1n) is 7.65. The second kappa shape index (κ2) is 6.78. The summed E-state index contributed by atoms with van der Waals surface area (Å²) in [6.45, 7) is 9.26. The van der Waals surface area contributed by atoms with Gasteiger partial charge in [-0.25, -0.2) is 0 Å². The van der Waals surface area contributed by atoms with Gasteiger partial charge in [-0.2, -0.15) is 0 Å². The summed E-state index contributed by atoms with van der Waals surface area (Å²) in [5.41, 5.74) is 0.327. The number of hydrogen-bond donors (Lipinski definition) is 1. The molecule has 17 heavy (non-hydrogen) atoms. The summed E-state index contributed by atoms with van der Waals surface area (Å²) in [7, 11) is 0. The third kappa shape index (κ3) is 4.62. The van der Waals surface area contributed by atoms with Gasteiger partial charge in [-0.05, 0) is 36.5 Å². The van der Waals surface area contributed by atoms with Crippen LogP contribution in [0.2, 0.25) is 0 Å². The van der Waals surface area contributed by atoms with Crippen LogP contribution in [0.15, 0.2) is 0 Å². The van der Waals surface area contributed by atoms with Gasteiger partial charge in [0, 0.05) is 0 Å². The Bertz CT molecular complexity index is 210. The molecular weight excluding hydrogens is 208 g/mol. The first kappa shape index (κ1) is 15.0. The van der Waals surface area contributed by atoms with Crippen LogP contribution in [0.4, 0.5) is 0 Å². The summed E-state index contributed by atoms with van der Waals surface area (Å²) in [6.07, 6.45) is 10.1. The molecule has 1 N–H and O–H groups in total. The van der Waals surface area contributed by atoms with Crippen molar-refractivity contribution in [1.82, 2.24) is 0 Å². The van der Waals surface area contributed by atoms with Crippen molar-refractivity contribution in [1.29, 1.82) is 0 Å². The molecule has 102 valence electrons. The fourth-order valence-electron chi connectivity index (χ4n) is 3.46. The predicted molar refractivity (Wildman–Crippen MR) is 75.1 cm³/mol. The second-order valence-electron chi connectivity index (χ2n) is 6.89. The van der Waals surface area contributed by atoms with Crippen molar-refractivity contribution in [2.45, 2.75) is 85.2 Å². The average molecular weight is 240 g/mol. The highest BCUT2D eigenvalue weighted by molar-refractivity contribution is 4.87. The van der Waals surface area contributed by atoms with Crippen molar-refractivity contribution < 1.29 is 5.11 Å². The largest absolute Gasteiger partial charge is 0.393 e. The summed E-state index contributed by atoms with van der Waals surface area (Å²) in [6, 6.07) is 0. The maximum atomic E-state index is 10.3. The van der Waals surface area contributed by atoms with Gasteiger partial charge in [-0.3, -0.25) is 0 Å². The van der Waals surface area contributed by atoms with Crippen LogP contribution in [0.5, 0.6) is 0 Å². The Morgan fingerprint density at radius 3 is 2.41 bits per heavy atom. The van der Waals surface area contributed by atoms with Crippen molar-refractivity contribution in [2.24, 2.45) is 17.3 Å². The smallest absolute Gasteiger partial charge is 0.0576 e. The molecule has 1 aliphatic carbocycles.